The van der Waals surface area contributed by atoms with Crippen molar-refractivity contribution >= 4 is 5.91 Å². The molecule has 0 bridgehead atoms. The Balaban J connectivity index is 2.36. The maximum Gasteiger partial charge on any atom is 0.236 e. The fourth-order valence-corrected chi connectivity index (χ4v) is 2.09. The first-order valence-corrected chi connectivity index (χ1v) is 6.29. The summed E-state index contributed by atoms with van der Waals surface area (Å²) >= 11 is 0. The van der Waals surface area contributed by atoms with Crippen LogP contribution in [0.2, 0.25) is 0 Å². The fourth-order valence-electron chi connectivity index (χ4n) is 2.09. The van der Waals surface area contributed by atoms with E-state index in [1.165, 1.54) is 0 Å². The van der Waals surface area contributed by atoms with Crippen molar-refractivity contribution in [2.75, 3.05) is 32.7 Å². The lowest BCUT2D eigenvalue weighted by molar-refractivity contribution is -0.133. The zero-order valence-corrected chi connectivity index (χ0v) is 11.0. The second kappa shape index (κ2) is 6.21. The molecular formula is C12H25N3O. The van der Waals surface area contributed by atoms with Gasteiger partial charge in [0.25, 0.3) is 0 Å². The van der Waals surface area contributed by atoms with Gasteiger partial charge in [0.2, 0.25) is 5.91 Å². The van der Waals surface area contributed by atoms with Crippen molar-refractivity contribution < 1.29 is 4.79 Å². The summed E-state index contributed by atoms with van der Waals surface area (Å²) in [6, 6.07) is 0.861. The van der Waals surface area contributed by atoms with E-state index in [4.69, 9.17) is 0 Å². The van der Waals surface area contributed by atoms with Crippen molar-refractivity contribution in [3.63, 3.8) is 0 Å². The summed E-state index contributed by atoms with van der Waals surface area (Å²) in [5.74, 6) is 0.233. The molecule has 0 aliphatic carbocycles. The summed E-state index contributed by atoms with van der Waals surface area (Å²) in [5, 5.41) is 3.18. The van der Waals surface area contributed by atoms with Gasteiger partial charge in [0.05, 0.1) is 6.54 Å². The highest BCUT2D eigenvalue weighted by atomic mass is 16.2. The molecule has 0 aromatic heterocycles. The molecule has 4 nitrogen and oxygen atoms in total. The Morgan fingerprint density at radius 2 is 2.12 bits per heavy atom. The smallest absolute Gasteiger partial charge is 0.236 e. The molecule has 1 fully saturated rings. The number of hydrogen-bond acceptors (Lipinski definition) is 3. The number of carbonyl (C=O) groups excluding carboxylic acids is 1. The lowest BCUT2D eigenvalue weighted by atomic mass is 10.2. The molecular weight excluding hydrogens is 202 g/mol. The van der Waals surface area contributed by atoms with E-state index in [0.29, 0.717) is 18.6 Å². The highest BCUT2D eigenvalue weighted by Gasteiger charge is 2.25. The molecule has 0 spiro atoms. The summed E-state index contributed by atoms with van der Waals surface area (Å²) in [5.41, 5.74) is 0. The lowest BCUT2D eigenvalue weighted by Gasteiger charge is -2.39. The topological polar surface area (TPSA) is 35.6 Å². The molecule has 1 aliphatic heterocycles. The van der Waals surface area contributed by atoms with Crippen LogP contribution in [0.3, 0.4) is 0 Å². The molecule has 0 aromatic rings. The molecule has 1 unspecified atom stereocenters. The Hall–Kier alpha value is -0.610. The average molecular weight is 227 g/mol. The first-order chi connectivity index (χ1) is 7.54. The minimum Gasteiger partial charge on any atom is -0.339 e. The van der Waals surface area contributed by atoms with E-state index in [0.717, 1.165) is 26.2 Å². The Morgan fingerprint density at radius 1 is 1.44 bits per heavy atom. The summed E-state index contributed by atoms with van der Waals surface area (Å²) in [6.07, 6.45) is 0. The van der Waals surface area contributed by atoms with Crippen molar-refractivity contribution in [2.45, 2.75) is 39.8 Å². The zero-order valence-electron chi connectivity index (χ0n) is 11.0. The molecule has 1 rings (SSSR count). The number of carbonyl (C=O) groups is 1. The van der Waals surface area contributed by atoms with Crippen LogP contribution in [0.15, 0.2) is 0 Å². The zero-order chi connectivity index (χ0) is 12.1. The Kier molecular flexibility index (Phi) is 5.22. The first-order valence-electron chi connectivity index (χ1n) is 6.29. The van der Waals surface area contributed by atoms with Gasteiger partial charge in [-0.1, -0.05) is 20.8 Å². The fraction of sp³-hybridized carbons (Fsp3) is 0.917. The van der Waals surface area contributed by atoms with Gasteiger partial charge in [-0.15, -0.1) is 0 Å². The van der Waals surface area contributed by atoms with Gasteiger partial charge in [-0.3, -0.25) is 9.69 Å². The van der Waals surface area contributed by atoms with Crippen LogP contribution in [0, 0.1) is 0 Å². The minimum atomic E-state index is 0.233. The van der Waals surface area contributed by atoms with Crippen molar-refractivity contribution in [1.29, 1.82) is 0 Å². The van der Waals surface area contributed by atoms with E-state index >= 15 is 0 Å². The van der Waals surface area contributed by atoms with Crippen LogP contribution in [-0.2, 0) is 4.79 Å². The van der Waals surface area contributed by atoms with Gasteiger partial charge in [-0.25, -0.2) is 0 Å². The third kappa shape index (κ3) is 3.76. The van der Waals surface area contributed by atoms with E-state index in [-0.39, 0.29) is 5.91 Å². The highest BCUT2D eigenvalue weighted by molar-refractivity contribution is 5.78. The van der Waals surface area contributed by atoms with Crippen LogP contribution in [0.25, 0.3) is 0 Å². The van der Waals surface area contributed by atoms with Crippen molar-refractivity contribution in [3.05, 3.63) is 0 Å². The quantitative estimate of drug-likeness (QED) is 0.761. The highest BCUT2D eigenvalue weighted by Crippen LogP contribution is 2.08. The monoisotopic (exact) mass is 227 g/mol. The summed E-state index contributed by atoms with van der Waals surface area (Å²) < 4.78 is 0. The van der Waals surface area contributed by atoms with Crippen molar-refractivity contribution in [1.82, 2.24) is 15.1 Å². The number of amides is 1. The molecule has 4 heteroatoms. The van der Waals surface area contributed by atoms with Crippen LogP contribution in [0.5, 0.6) is 0 Å². The van der Waals surface area contributed by atoms with E-state index in [2.05, 4.69) is 37.9 Å². The SMILES string of the molecule is CCN1CCN(C(=O)CNC(C)C)CC1C. The molecule has 1 N–H and O–H groups in total. The molecule has 1 heterocycles. The standard InChI is InChI=1S/C12H25N3O/c1-5-14-6-7-15(9-11(14)4)12(16)8-13-10(2)3/h10-11,13H,5-9H2,1-4H3. The average Bonchev–Trinajstić information content (AvgIpc) is 2.25. The second-order valence-electron chi connectivity index (χ2n) is 4.85. The van der Waals surface area contributed by atoms with Gasteiger partial charge < -0.3 is 10.2 Å². The number of rotatable bonds is 4. The summed E-state index contributed by atoms with van der Waals surface area (Å²) in [4.78, 5) is 16.3. The minimum absolute atomic E-state index is 0.233. The van der Waals surface area contributed by atoms with E-state index < -0.39 is 0 Å². The number of hydrogen-bond donors (Lipinski definition) is 1. The van der Waals surface area contributed by atoms with Crippen LogP contribution >= 0.6 is 0 Å². The molecule has 94 valence electrons. The first kappa shape index (κ1) is 13.5. The van der Waals surface area contributed by atoms with Crippen molar-refractivity contribution in [3.8, 4) is 0 Å². The molecule has 1 aliphatic rings. The van der Waals surface area contributed by atoms with Crippen LogP contribution in [-0.4, -0.2) is 60.5 Å². The van der Waals surface area contributed by atoms with Gasteiger partial charge in [0.1, 0.15) is 0 Å². The maximum atomic E-state index is 11.9. The summed E-state index contributed by atoms with van der Waals surface area (Å²) in [7, 11) is 0. The number of piperazine rings is 1. The largest absolute Gasteiger partial charge is 0.339 e. The van der Waals surface area contributed by atoms with E-state index in [1.807, 2.05) is 4.90 Å². The Labute approximate surface area is 99.0 Å². The lowest BCUT2D eigenvalue weighted by Crippen LogP contribution is -2.55. The molecule has 1 amide bonds. The molecule has 0 saturated carbocycles. The van der Waals surface area contributed by atoms with E-state index in [1.54, 1.807) is 0 Å². The number of nitrogens with one attached hydrogen (secondary N) is 1. The van der Waals surface area contributed by atoms with Crippen LogP contribution in [0.4, 0.5) is 0 Å². The molecule has 1 saturated heterocycles. The maximum absolute atomic E-state index is 11.9. The van der Waals surface area contributed by atoms with Gasteiger partial charge in [-0.2, -0.15) is 0 Å². The number of nitrogens with zero attached hydrogens (tertiary/aromatic N) is 2. The van der Waals surface area contributed by atoms with Crippen molar-refractivity contribution in [2.24, 2.45) is 0 Å². The Morgan fingerprint density at radius 3 is 2.62 bits per heavy atom. The Bertz CT molecular complexity index is 230. The third-order valence-electron chi connectivity index (χ3n) is 3.19. The van der Waals surface area contributed by atoms with E-state index in [9.17, 15) is 4.79 Å². The predicted molar refractivity (Wildman–Crippen MR) is 66.4 cm³/mol. The normalized spacial score (nSPS) is 22.8. The van der Waals surface area contributed by atoms with Gasteiger partial charge in [-0.05, 0) is 13.5 Å². The molecule has 0 aromatic carbocycles. The van der Waals surface area contributed by atoms with Crippen LogP contribution in [0.1, 0.15) is 27.7 Å². The number of likely N-dealkylation sites (N-methyl/N-ethyl adjacent to an activating group) is 1. The third-order valence-corrected chi connectivity index (χ3v) is 3.19. The summed E-state index contributed by atoms with van der Waals surface area (Å²) in [6.45, 7) is 12.8. The predicted octanol–water partition coefficient (Wildman–Crippen LogP) is 0.537. The van der Waals surface area contributed by atoms with Gasteiger partial charge in [0, 0.05) is 31.7 Å². The second-order valence-corrected chi connectivity index (χ2v) is 4.85. The van der Waals surface area contributed by atoms with Gasteiger partial charge >= 0.3 is 0 Å². The molecule has 1 atom stereocenters. The molecule has 16 heavy (non-hydrogen) atoms. The van der Waals surface area contributed by atoms with Gasteiger partial charge in [0.15, 0.2) is 0 Å². The molecule has 0 radical (unpaired) electrons. The van der Waals surface area contributed by atoms with Crippen LogP contribution < -0.4 is 5.32 Å².